The minimum atomic E-state index is -0.281. The van der Waals surface area contributed by atoms with Crippen molar-refractivity contribution < 1.29 is 14.3 Å². The van der Waals surface area contributed by atoms with E-state index in [-0.39, 0.29) is 18.5 Å². The Bertz CT molecular complexity index is 742. The van der Waals surface area contributed by atoms with Gasteiger partial charge in [0, 0.05) is 21.5 Å². The molecule has 0 bridgehead atoms. The predicted molar refractivity (Wildman–Crippen MR) is 90.1 cm³/mol. The van der Waals surface area contributed by atoms with Crippen LogP contribution < -0.4 is 20.7 Å². The lowest BCUT2D eigenvalue weighted by Gasteiger charge is -2.18. The van der Waals surface area contributed by atoms with Crippen molar-refractivity contribution in [3.05, 3.63) is 40.1 Å². The van der Waals surface area contributed by atoms with Gasteiger partial charge < -0.3 is 20.7 Å². The van der Waals surface area contributed by atoms with Crippen molar-refractivity contribution in [1.82, 2.24) is 5.32 Å². The molecule has 2 aromatic rings. The zero-order valence-electron chi connectivity index (χ0n) is 12.6. The third-order valence-electron chi connectivity index (χ3n) is 3.36. The van der Waals surface area contributed by atoms with Crippen LogP contribution in [0.2, 0.25) is 0 Å². The van der Waals surface area contributed by atoms with E-state index in [0.29, 0.717) is 23.7 Å². The standard InChI is InChI=1S/C16H17N3O3S/c1-2-11-4-5-12(23-11)8-17-16(21)18-10-3-6-13-14(7-10)22-9-15(20)19-13/h3-7H,2,8-9H2,1H3,(H,19,20)(H2,17,18,21). The SMILES string of the molecule is CCc1ccc(CNC(=O)Nc2ccc3c(c2)OCC(=O)N3)s1. The number of hydrogen-bond acceptors (Lipinski definition) is 4. The summed E-state index contributed by atoms with van der Waals surface area (Å²) in [6.45, 7) is 2.59. The molecule has 3 N–H and O–H groups in total. The number of anilines is 2. The van der Waals surface area contributed by atoms with E-state index in [0.717, 1.165) is 11.3 Å². The average Bonchev–Trinajstić information content (AvgIpc) is 3.01. The maximum atomic E-state index is 12.0. The van der Waals surface area contributed by atoms with Crippen molar-refractivity contribution in [2.45, 2.75) is 19.9 Å². The highest BCUT2D eigenvalue weighted by molar-refractivity contribution is 7.11. The van der Waals surface area contributed by atoms with Crippen molar-refractivity contribution >= 4 is 34.6 Å². The Morgan fingerprint density at radius 2 is 2.13 bits per heavy atom. The highest BCUT2D eigenvalue weighted by Gasteiger charge is 2.16. The fourth-order valence-electron chi connectivity index (χ4n) is 2.20. The lowest BCUT2D eigenvalue weighted by Crippen LogP contribution is -2.28. The molecular formula is C16H17N3O3S. The van der Waals surface area contributed by atoms with Crippen LogP contribution in [0.4, 0.5) is 16.2 Å². The zero-order chi connectivity index (χ0) is 16.2. The summed E-state index contributed by atoms with van der Waals surface area (Å²) < 4.78 is 5.32. The summed E-state index contributed by atoms with van der Waals surface area (Å²) >= 11 is 1.70. The lowest BCUT2D eigenvalue weighted by molar-refractivity contribution is -0.118. The van der Waals surface area contributed by atoms with Crippen LogP contribution in [0, 0.1) is 0 Å². The summed E-state index contributed by atoms with van der Waals surface area (Å²) in [4.78, 5) is 25.6. The molecule has 23 heavy (non-hydrogen) atoms. The Balaban J connectivity index is 1.56. The van der Waals surface area contributed by atoms with Gasteiger partial charge in [0.15, 0.2) is 6.61 Å². The number of urea groups is 1. The highest BCUT2D eigenvalue weighted by Crippen LogP contribution is 2.30. The molecule has 7 heteroatoms. The monoisotopic (exact) mass is 331 g/mol. The van der Waals surface area contributed by atoms with E-state index in [1.807, 2.05) is 6.07 Å². The lowest BCUT2D eigenvalue weighted by atomic mass is 10.2. The topological polar surface area (TPSA) is 79.5 Å². The Labute approximate surface area is 137 Å². The first-order valence-electron chi connectivity index (χ1n) is 7.33. The summed E-state index contributed by atoms with van der Waals surface area (Å²) in [5.74, 6) is 0.367. The van der Waals surface area contributed by atoms with E-state index in [2.05, 4.69) is 28.9 Å². The van der Waals surface area contributed by atoms with Gasteiger partial charge in [0.2, 0.25) is 0 Å². The summed E-state index contributed by atoms with van der Waals surface area (Å²) in [6.07, 6.45) is 1.00. The molecule has 3 amide bonds. The minimum absolute atomic E-state index is 0.0131. The van der Waals surface area contributed by atoms with Crippen LogP contribution in [-0.4, -0.2) is 18.5 Å². The molecule has 1 aromatic heterocycles. The Morgan fingerprint density at radius 3 is 2.91 bits per heavy atom. The summed E-state index contributed by atoms with van der Waals surface area (Å²) in [5.41, 5.74) is 1.22. The number of rotatable bonds is 4. The molecule has 0 unspecified atom stereocenters. The van der Waals surface area contributed by atoms with Gasteiger partial charge in [-0.2, -0.15) is 0 Å². The third kappa shape index (κ3) is 3.81. The molecule has 1 aliphatic heterocycles. The summed E-state index contributed by atoms with van der Waals surface area (Å²) in [5, 5.41) is 8.28. The van der Waals surface area contributed by atoms with Crippen molar-refractivity contribution in [1.29, 1.82) is 0 Å². The number of aryl methyl sites for hydroxylation is 1. The molecule has 1 aliphatic rings. The normalized spacial score (nSPS) is 12.8. The molecule has 1 aromatic carbocycles. The molecule has 3 rings (SSSR count). The van der Waals surface area contributed by atoms with Gasteiger partial charge in [-0.1, -0.05) is 6.92 Å². The van der Waals surface area contributed by atoms with Crippen LogP contribution in [0.5, 0.6) is 5.75 Å². The first-order valence-corrected chi connectivity index (χ1v) is 8.15. The minimum Gasteiger partial charge on any atom is -0.482 e. The smallest absolute Gasteiger partial charge is 0.319 e. The third-order valence-corrected chi connectivity index (χ3v) is 4.59. The van der Waals surface area contributed by atoms with Crippen molar-refractivity contribution in [2.75, 3.05) is 17.2 Å². The van der Waals surface area contributed by atoms with Crippen LogP contribution in [0.25, 0.3) is 0 Å². The predicted octanol–water partition coefficient (Wildman–Crippen LogP) is 2.96. The number of carbonyl (C=O) groups is 2. The van der Waals surface area contributed by atoms with E-state index in [9.17, 15) is 9.59 Å². The van der Waals surface area contributed by atoms with Crippen LogP contribution >= 0.6 is 11.3 Å². The van der Waals surface area contributed by atoms with Crippen molar-refractivity contribution in [3.8, 4) is 5.75 Å². The van der Waals surface area contributed by atoms with E-state index >= 15 is 0 Å². The van der Waals surface area contributed by atoms with Gasteiger partial charge >= 0.3 is 6.03 Å². The van der Waals surface area contributed by atoms with E-state index in [4.69, 9.17) is 4.74 Å². The number of ether oxygens (including phenoxy) is 1. The molecule has 0 saturated heterocycles. The van der Waals surface area contributed by atoms with Crippen LogP contribution in [0.15, 0.2) is 30.3 Å². The Morgan fingerprint density at radius 1 is 1.30 bits per heavy atom. The van der Waals surface area contributed by atoms with Gasteiger partial charge in [-0.05, 0) is 30.7 Å². The molecule has 0 spiro atoms. The first kappa shape index (κ1) is 15.4. The fraction of sp³-hybridized carbons (Fsp3) is 0.250. The van der Waals surface area contributed by atoms with Gasteiger partial charge in [-0.25, -0.2) is 4.79 Å². The van der Waals surface area contributed by atoms with Crippen molar-refractivity contribution in [3.63, 3.8) is 0 Å². The zero-order valence-corrected chi connectivity index (χ0v) is 13.5. The molecule has 6 nitrogen and oxygen atoms in total. The van der Waals surface area contributed by atoms with Crippen LogP contribution in [0.3, 0.4) is 0 Å². The van der Waals surface area contributed by atoms with E-state index in [1.54, 1.807) is 29.5 Å². The molecule has 0 radical (unpaired) electrons. The summed E-state index contributed by atoms with van der Waals surface area (Å²) in [7, 11) is 0. The van der Waals surface area contributed by atoms with Gasteiger partial charge in [-0.3, -0.25) is 4.79 Å². The van der Waals surface area contributed by atoms with Gasteiger partial charge in [0.05, 0.1) is 12.2 Å². The Hall–Kier alpha value is -2.54. The second-order valence-electron chi connectivity index (χ2n) is 5.08. The second-order valence-corrected chi connectivity index (χ2v) is 6.33. The van der Waals surface area contributed by atoms with E-state index < -0.39 is 0 Å². The van der Waals surface area contributed by atoms with Crippen LogP contribution in [0.1, 0.15) is 16.7 Å². The molecular weight excluding hydrogens is 314 g/mol. The first-order chi connectivity index (χ1) is 11.1. The molecule has 120 valence electrons. The number of nitrogens with one attached hydrogen (secondary N) is 3. The van der Waals surface area contributed by atoms with E-state index in [1.165, 1.54) is 4.88 Å². The Kier molecular flexibility index (Phi) is 4.47. The number of benzene rings is 1. The maximum Gasteiger partial charge on any atom is 0.319 e. The maximum absolute atomic E-state index is 12.0. The molecule has 0 aliphatic carbocycles. The summed E-state index contributed by atoms with van der Waals surface area (Å²) in [6, 6.07) is 8.93. The molecule has 0 atom stereocenters. The number of amides is 3. The molecule has 2 heterocycles. The molecule has 0 fully saturated rings. The number of thiophene rings is 1. The number of hydrogen-bond donors (Lipinski definition) is 3. The fourth-order valence-corrected chi connectivity index (χ4v) is 3.10. The second kappa shape index (κ2) is 6.70. The van der Waals surface area contributed by atoms with Crippen molar-refractivity contribution in [2.24, 2.45) is 0 Å². The average molecular weight is 331 g/mol. The van der Waals surface area contributed by atoms with Gasteiger partial charge in [0.1, 0.15) is 5.75 Å². The largest absolute Gasteiger partial charge is 0.482 e. The number of carbonyl (C=O) groups excluding carboxylic acids is 2. The highest BCUT2D eigenvalue weighted by atomic mass is 32.1. The molecule has 0 saturated carbocycles. The quantitative estimate of drug-likeness (QED) is 0.806. The van der Waals surface area contributed by atoms with Gasteiger partial charge in [0.25, 0.3) is 5.91 Å². The van der Waals surface area contributed by atoms with Crippen LogP contribution in [-0.2, 0) is 17.8 Å². The number of fused-ring (bicyclic) bond motifs is 1. The van der Waals surface area contributed by atoms with Gasteiger partial charge in [-0.15, -0.1) is 11.3 Å².